The van der Waals surface area contributed by atoms with Gasteiger partial charge in [0, 0.05) is 22.5 Å². The molecule has 0 unspecified atom stereocenters. The van der Waals surface area contributed by atoms with Crippen LogP contribution in [0, 0.1) is 0 Å². The molecule has 0 spiro atoms. The Hall–Kier alpha value is -3.26. The first kappa shape index (κ1) is 18.1. The number of aryl methyl sites for hydroxylation is 1. The van der Waals surface area contributed by atoms with Crippen LogP contribution in [0.5, 0.6) is 5.75 Å². The predicted molar refractivity (Wildman–Crippen MR) is 106 cm³/mol. The van der Waals surface area contributed by atoms with Crippen molar-refractivity contribution in [1.82, 2.24) is 10.2 Å². The summed E-state index contributed by atoms with van der Waals surface area (Å²) in [6, 6.07) is 17.2. The Balaban J connectivity index is 1.37. The number of aromatic nitrogens is 2. The Morgan fingerprint density at radius 2 is 1.96 bits per heavy atom. The van der Waals surface area contributed by atoms with E-state index in [9.17, 15) is 4.79 Å². The Kier molecular flexibility index (Phi) is 5.29. The lowest BCUT2D eigenvalue weighted by Gasteiger charge is -1.99. The van der Waals surface area contributed by atoms with E-state index in [1.807, 2.05) is 42.5 Å². The molecule has 0 saturated heterocycles. The van der Waals surface area contributed by atoms with Gasteiger partial charge in [0.1, 0.15) is 0 Å². The van der Waals surface area contributed by atoms with Crippen molar-refractivity contribution in [3.8, 4) is 5.75 Å². The summed E-state index contributed by atoms with van der Waals surface area (Å²) in [5.74, 6) is 1.49. The van der Waals surface area contributed by atoms with Crippen LogP contribution in [0.25, 0.3) is 11.0 Å². The Bertz CT molecular complexity index is 1090. The highest BCUT2D eigenvalue weighted by molar-refractivity contribution is 7.99. The van der Waals surface area contributed by atoms with Crippen LogP contribution in [0.2, 0.25) is 0 Å². The van der Waals surface area contributed by atoms with Crippen LogP contribution >= 0.6 is 11.8 Å². The number of carbonyl (C=O) groups excluding carboxylic acids is 1. The molecular weight excluding hydrogens is 378 g/mol. The summed E-state index contributed by atoms with van der Waals surface area (Å²) in [6.45, 7) is 0. The molecule has 0 radical (unpaired) electrons. The molecule has 28 heavy (non-hydrogen) atoms. The van der Waals surface area contributed by atoms with Gasteiger partial charge >= 0.3 is 6.01 Å². The van der Waals surface area contributed by atoms with Crippen LogP contribution in [-0.4, -0.2) is 29.0 Å². The number of hydrogen-bond donors (Lipinski definition) is 1. The zero-order chi connectivity index (χ0) is 19.3. The SMILES string of the molecule is COc1cccc2cc(C(=O)Nc3nnc(CCSc4ccccc4)o3)oc12. The highest BCUT2D eigenvalue weighted by Crippen LogP contribution is 2.28. The summed E-state index contributed by atoms with van der Waals surface area (Å²) in [4.78, 5) is 13.6. The van der Waals surface area contributed by atoms with Gasteiger partial charge in [0.05, 0.1) is 7.11 Å². The van der Waals surface area contributed by atoms with Crippen molar-refractivity contribution in [3.05, 3.63) is 66.2 Å². The quantitative estimate of drug-likeness (QED) is 0.463. The Morgan fingerprint density at radius 3 is 2.79 bits per heavy atom. The highest BCUT2D eigenvalue weighted by atomic mass is 32.2. The maximum atomic E-state index is 12.4. The number of methoxy groups -OCH3 is 1. The highest BCUT2D eigenvalue weighted by Gasteiger charge is 2.17. The van der Waals surface area contributed by atoms with E-state index >= 15 is 0 Å². The first-order chi connectivity index (χ1) is 13.7. The van der Waals surface area contributed by atoms with Gasteiger partial charge in [0.2, 0.25) is 5.89 Å². The van der Waals surface area contributed by atoms with E-state index in [-0.39, 0.29) is 11.8 Å². The molecule has 0 aliphatic carbocycles. The number of thioether (sulfide) groups is 1. The van der Waals surface area contributed by atoms with Crippen LogP contribution in [-0.2, 0) is 6.42 Å². The molecule has 1 amide bonds. The standard InChI is InChI=1S/C20H17N3O4S/c1-25-15-9-5-6-13-12-16(26-18(13)15)19(24)21-20-23-22-17(27-20)10-11-28-14-7-3-2-4-8-14/h2-9,12H,10-11H2,1H3,(H,21,23,24). The Morgan fingerprint density at radius 1 is 1.11 bits per heavy atom. The largest absolute Gasteiger partial charge is 0.493 e. The zero-order valence-electron chi connectivity index (χ0n) is 15.0. The summed E-state index contributed by atoms with van der Waals surface area (Å²) in [5, 5.41) is 11.2. The van der Waals surface area contributed by atoms with E-state index in [4.69, 9.17) is 13.6 Å². The van der Waals surface area contributed by atoms with Crippen LogP contribution < -0.4 is 10.1 Å². The third-order valence-electron chi connectivity index (χ3n) is 3.97. The lowest BCUT2D eigenvalue weighted by Crippen LogP contribution is -2.11. The van der Waals surface area contributed by atoms with Crippen molar-refractivity contribution in [3.63, 3.8) is 0 Å². The minimum Gasteiger partial charge on any atom is -0.493 e. The maximum absolute atomic E-state index is 12.4. The molecule has 2 heterocycles. The number of para-hydroxylation sites is 1. The van der Waals surface area contributed by atoms with Crippen LogP contribution in [0.15, 0.2) is 68.3 Å². The monoisotopic (exact) mass is 395 g/mol. The van der Waals surface area contributed by atoms with Gasteiger partial charge < -0.3 is 13.6 Å². The third-order valence-corrected chi connectivity index (χ3v) is 4.98. The van der Waals surface area contributed by atoms with E-state index in [0.717, 1.165) is 11.1 Å². The van der Waals surface area contributed by atoms with Crippen molar-refractivity contribution < 1.29 is 18.4 Å². The molecule has 0 saturated carbocycles. The van der Waals surface area contributed by atoms with Gasteiger partial charge in [-0.25, -0.2) is 0 Å². The molecule has 0 aliphatic rings. The van der Waals surface area contributed by atoms with Gasteiger partial charge in [-0.05, 0) is 24.3 Å². The van der Waals surface area contributed by atoms with Crippen molar-refractivity contribution in [2.45, 2.75) is 11.3 Å². The summed E-state index contributed by atoms with van der Waals surface area (Å²) >= 11 is 1.70. The number of fused-ring (bicyclic) bond motifs is 1. The second kappa shape index (κ2) is 8.18. The molecule has 0 atom stereocenters. The topological polar surface area (TPSA) is 90.4 Å². The van der Waals surface area contributed by atoms with Crippen LogP contribution in [0.1, 0.15) is 16.4 Å². The molecule has 0 fully saturated rings. The molecule has 8 heteroatoms. The van der Waals surface area contributed by atoms with Gasteiger partial charge in [-0.1, -0.05) is 35.4 Å². The summed E-state index contributed by atoms with van der Waals surface area (Å²) in [7, 11) is 1.55. The molecule has 2 aromatic heterocycles. The smallest absolute Gasteiger partial charge is 0.322 e. The molecule has 1 N–H and O–H groups in total. The Labute approximate surface area is 165 Å². The number of nitrogens with zero attached hydrogens (tertiary/aromatic N) is 2. The average molecular weight is 395 g/mol. The van der Waals surface area contributed by atoms with Gasteiger partial charge in [-0.2, -0.15) is 0 Å². The number of furan rings is 1. The molecule has 0 aliphatic heterocycles. The zero-order valence-corrected chi connectivity index (χ0v) is 15.9. The number of rotatable bonds is 7. The van der Waals surface area contributed by atoms with Gasteiger partial charge in [0.25, 0.3) is 5.91 Å². The van der Waals surface area contributed by atoms with E-state index in [1.165, 1.54) is 4.90 Å². The number of nitrogens with one attached hydrogen (secondary N) is 1. The number of carbonyl (C=O) groups is 1. The number of hydrogen-bond acceptors (Lipinski definition) is 7. The van der Waals surface area contributed by atoms with Gasteiger partial charge in [0.15, 0.2) is 17.1 Å². The molecule has 4 aromatic rings. The minimum atomic E-state index is -0.466. The van der Waals surface area contributed by atoms with E-state index in [2.05, 4.69) is 15.5 Å². The first-order valence-electron chi connectivity index (χ1n) is 8.61. The van der Waals surface area contributed by atoms with Crippen LogP contribution in [0.3, 0.4) is 0 Å². The third kappa shape index (κ3) is 4.01. The molecule has 4 rings (SSSR count). The number of amides is 1. The molecule has 142 valence electrons. The van der Waals surface area contributed by atoms with Gasteiger partial charge in [-0.3, -0.25) is 10.1 Å². The normalized spacial score (nSPS) is 10.9. The van der Waals surface area contributed by atoms with Crippen molar-refractivity contribution in [2.75, 3.05) is 18.2 Å². The average Bonchev–Trinajstić information content (AvgIpc) is 3.35. The fourth-order valence-electron chi connectivity index (χ4n) is 2.65. The first-order valence-corrected chi connectivity index (χ1v) is 9.59. The van der Waals surface area contributed by atoms with E-state index < -0.39 is 5.91 Å². The molecule has 2 aromatic carbocycles. The fraction of sp³-hybridized carbons (Fsp3) is 0.150. The summed E-state index contributed by atoms with van der Waals surface area (Å²) in [6.07, 6.45) is 0.601. The summed E-state index contributed by atoms with van der Waals surface area (Å²) < 4.78 is 16.4. The van der Waals surface area contributed by atoms with Gasteiger partial charge in [-0.15, -0.1) is 16.9 Å². The molecule has 0 bridgehead atoms. The minimum absolute atomic E-state index is 0.0390. The lowest BCUT2D eigenvalue weighted by molar-refractivity contribution is 0.0995. The van der Waals surface area contributed by atoms with E-state index in [0.29, 0.717) is 23.6 Å². The molecular formula is C20H17N3O4S. The van der Waals surface area contributed by atoms with Crippen molar-refractivity contribution in [1.29, 1.82) is 0 Å². The second-order valence-corrected chi connectivity index (χ2v) is 7.02. The maximum Gasteiger partial charge on any atom is 0.322 e. The van der Waals surface area contributed by atoms with Crippen molar-refractivity contribution >= 4 is 34.7 Å². The predicted octanol–water partition coefficient (Wildman–Crippen LogP) is 4.41. The second-order valence-electron chi connectivity index (χ2n) is 5.86. The van der Waals surface area contributed by atoms with Crippen molar-refractivity contribution in [2.24, 2.45) is 0 Å². The number of benzene rings is 2. The summed E-state index contributed by atoms with van der Waals surface area (Å²) in [5.41, 5.74) is 0.513. The van der Waals surface area contributed by atoms with Crippen LogP contribution in [0.4, 0.5) is 6.01 Å². The number of anilines is 1. The number of ether oxygens (including phenoxy) is 1. The molecule has 7 nitrogen and oxygen atoms in total. The fourth-order valence-corrected chi connectivity index (χ4v) is 3.51. The lowest BCUT2D eigenvalue weighted by atomic mass is 10.2. The van der Waals surface area contributed by atoms with E-state index in [1.54, 1.807) is 31.0 Å².